The smallest absolute Gasteiger partial charge is 0.118 e. The molecule has 0 saturated carbocycles. The number of ether oxygens (including phenoxy) is 2. The molecule has 0 aliphatic heterocycles. The fraction of sp³-hybridized carbons (Fsp3) is 0.0714. The number of hydrogen-bond acceptors (Lipinski definition) is 2. The van der Waals surface area contributed by atoms with Crippen molar-refractivity contribution in [3.8, 4) is 11.5 Å². The van der Waals surface area contributed by atoms with Crippen molar-refractivity contribution >= 4 is 11.1 Å². The van der Waals surface area contributed by atoms with Crippen molar-refractivity contribution in [1.82, 2.24) is 0 Å². The number of rotatable bonds is 6. The molecule has 0 heterocycles. The van der Waals surface area contributed by atoms with Crippen LogP contribution in [0.2, 0.25) is 0 Å². The first-order chi connectivity index (χ1) is 14.8. The molecule has 30 heavy (non-hydrogen) atoms. The van der Waals surface area contributed by atoms with E-state index in [2.05, 4.69) is 72.8 Å². The van der Waals surface area contributed by atoms with Gasteiger partial charge in [-0.05, 0) is 57.7 Å². The molecule has 0 fully saturated rings. The zero-order valence-corrected chi connectivity index (χ0v) is 17.2. The van der Waals surface area contributed by atoms with Crippen molar-refractivity contribution in [1.29, 1.82) is 0 Å². The maximum atomic E-state index is 5.38. The van der Waals surface area contributed by atoms with E-state index < -0.39 is 0 Å². The summed E-state index contributed by atoms with van der Waals surface area (Å²) in [6.45, 7) is 0. The van der Waals surface area contributed by atoms with Crippen LogP contribution in [0.4, 0.5) is 0 Å². The Morgan fingerprint density at radius 1 is 0.400 bits per heavy atom. The minimum Gasteiger partial charge on any atom is -0.497 e. The van der Waals surface area contributed by atoms with Gasteiger partial charge in [-0.3, -0.25) is 0 Å². The Morgan fingerprint density at radius 3 is 1.00 bits per heavy atom. The van der Waals surface area contributed by atoms with Crippen molar-refractivity contribution in [3.05, 3.63) is 131 Å². The summed E-state index contributed by atoms with van der Waals surface area (Å²) >= 11 is 0. The van der Waals surface area contributed by atoms with Gasteiger partial charge < -0.3 is 9.47 Å². The van der Waals surface area contributed by atoms with Crippen LogP contribution in [0.5, 0.6) is 11.5 Å². The average molecular weight is 392 g/mol. The summed E-state index contributed by atoms with van der Waals surface area (Å²) in [5, 5.41) is 0. The van der Waals surface area contributed by atoms with Gasteiger partial charge in [0.25, 0.3) is 0 Å². The van der Waals surface area contributed by atoms with E-state index in [4.69, 9.17) is 9.47 Å². The third-order valence-electron chi connectivity index (χ3n) is 5.13. The van der Waals surface area contributed by atoms with Gasteiger partial charge >= 0.3 is 0 Å². The molecule has 0 radical (unpaired) electrons. The molecule has 0 atom stereocenters. The van der Waals surface area contributed by atoms with E-state index in [0.29, 0.717) is 0 Å². The SMILES string of the molecule is COc1ccc(C(=C(c2ccccc2)c2ccccc2)c2ccc(OC)cc2)cc1. The Morgan fingerprint density at radius 2 is 0.700 bits per heavy atom. The maximum Gasteiger partial charge on any atom is 0.118 e. The molecule has 4 aromatic carbocycles. The Labute approximate surface area is 178 Å². The van der Waals surface area contributed by atoms with Crippen molar-refractivity contribution in [3.63, 3.8) is 0 Å². The van der Waals surface area contributed by atoms with Crippen LogP contribution < -0.4 is 9.47 Å². The molecule has 0 saturated heterocycles. The Kier molecular flexibility index (Phi) is 5.95. The molecule has 2 nitrogen and oxygen atoms in total. The van der Waals surface area contributed by atoms with Crippen LogP contribution in [0.25, 0.3) is 11.1 Å². The van der Waals surface area contributed by atoms with E-state index in [1.807, 2.05) is 36.4 Å². The quantitative estimate of drug-likeness (QED) is 0.339. The highest BCUT2D eigenvalue weighted by atomic mass is 16.5. The molecule has 0 aromatic heterocycles. The topological polar surface area (TPSA) is 18.5 Å². The molecule has 148 valence electrons. The largest absolute Gasteiger partial charge is 0.497 e. The minimum atomic E-state index is 0.841. The predicted molar refractivity (Wildman–Crippen MR) is 124 cm³/mol. The monoisotopic (exact) mass is 392 g/mol. The number of methoxy groups -OCH3 is 2. The third kappa shape index (κ3) is 4.13. The summed E-state index contributed by atoms with van der Waals surface area (Å²) < 4.78 is 10.8. The fourth-order valence-corrected chi connectivity index (χ4v) is 3.64. The summed E-state index contributed by atoms with van der Waals surface area (Å²) in [4.78, 5) is 0. The van der Waals surface area contributed by atoms with Gasteiger partial charge in [0, 0.05) is 0 Å². The summed E-state index contributed by atoms with van der Waals surface area (Å²) in [6.07, 6.45) is 0. The lowest BCUT2D eigenvalue weighted by molar-refractivity contribution is 0.414. The molecule has 2 heteroatoms. The Bertz CT molecular complexity index is 1020. The number of benzene rings is 4. The van der Waals surface area contributed by atoms with E-state index >= 15 is 0 Å². The van der Waals surface area contributed by atoms with Crippen molar-refractivity contribution in [2.24, 2.45) is 0 Å². The fourth-order valence-electron chi connectivity index (χ4n) is 3.64. The van der Waals surface area contributed by atoms with Gasteiger partial charge in [0.15, 0.2) is 0 Å². The molecule has 0 aliphatic carbocycles. The van der Waals surface area contributed by atoms with E-state index in [-0.39, 0.29) is 0 Å². The average Bonchev–Trinajstić information content (AvgIpc) is 2.84. The van der Waals surface area contributed by atoms with Crippen LogP contribution in [-0.2, 0) is 0 Å². The lowest BCUT2D eigenvalue weighted by atomic mass is 9.86. The first-order valence-electron chi connectivity index (χ1n) is 9.94. The Balaban J connectivity index is 2.03. The van der Waals surface area contributed by atoms with E-state index in [1.165, 1.54) is 16.7 Å². The highest BCUT2D eigenvalue weighted by molar-refractivity contribution is 6.04. The minimum absolute atomic E-state index is 0.841. The van der Waals surface area contributed by atoms with Gasteiger partial charge in [0.2, 0.25) is 0 Å². The molecule has 0 spiro atoms. The highest BCUT2D eigenvalue weighted by Crippen LogP contribution is 2.37. The van der Waals surface area contributed by atoms with E-state index in [1.54, 1.807) is 14.2 Å². The van der Waals surface area contributed by atoms with E-state index in [9.17, 15) is 0 Å². The zero-order chi connectivity index (χ0) is 20.8. The van der Waals surface area contributed by atoms with E-state index in [0.717, 1.165) is 28.2 Å². The summed E-state index contributed by atoms with van der Waals surface area (Å²) in [7, 11) is 3.38. The second-order valence-corrected chi connectivity index (χ2v) is 6.94. The zero-order valence-electron chi connectivity index (χ0n) is 17.2. The molecular formula is C28H24O2. The second-order valence-electron chi connectivity index (χ2n) is 6.94. The van der Waals surface area contributed by atoms with Gasteiger partial charge in [0.05, 0.1) is 14.2 Å². The molecule has 0 unspecified atom stereocenters. The Hall–Kier alpha value is -3.78. The summed E-state index contributed by atoms with van der Waals surface area (Å²) in [6, 6.07) is 37.6. The van der Waals surface area contributed by atoms with Gasteiger partial charge in [-0.2, -0.15) is 0 Å². The van der Waals surface area contributed by atoms with Crippen molar-refractivity contribution in [2.75, 3.05) is 14.2 Å². The summed E-state index contributed by atoms with van der Waals surface area (Å²) in [5.41, 5.74) is 6.95. The molecule has 0 N–H and O–H groups in total. The first-order valence-corrected chi connectivity index (χ1v) is 9.94. The van der Waals surface area contributed by atoms with Gasteiger partial charge in [-0.1, -0.05) is 84.9 Å². The van der Waals surface area contributed by atoms with Crippen LogP contribution >= 0.6 is 0 Å². The molecule has 0 amide bonds. The lowest BCUT2D eigenvalue weighted by Gasteiger charge is -2.18. The van der Waals surface area contributed by atoms with Crippen LogP contribution in [0, 0.1) is 0 Å². The van der Waals surface area contributed by atoms with Crippen LogP contribution in [-0.4, -0.2) is 14.2 Å². The normalized spacial score (nSPS) is 10.3. The summed E-state index contributed by atoms with van der Waals surface area (Å²) in [5.74, 6) is 1.68. The standard InChI is InChI=1S/C28H24O2/c1-29-25-17-13-23(14-18-25)28(24-15-19-26(30-2)20-16-24)27(21-9-5-3-6-10-21)22-11-7-4-8-12-22/h3-20H,1-2H3. The third-order valence-corrected chi connectivity index (χ3v) is 5.13. The predicted octanol–water partition coefficient (Wildman–Crippen LogP) is 6.71. The van der Waals surface area contributed by atoms with Crippen LogP contribution in [0.3, 0.4) is 0 Å². The second kappa shape index (κ2) is 9.15. The van der Waals surface area contributed by atoms with Crippen LogP contribution in [0.1, 0.15) is 22.3 Å². The van der Waals surface area contributed by atoms with Gasteiger partial charge in [-0.15, -0.1) is 0 Å². The van der Waals surface area contributed by atoms with Gasteiger partial charge in [0.1, 0.15) is 11.5 Å². The molecule has 4 rings (SSSR count). The lowest BCUT2D eigenvalue weighted by Crippen LogP contribution is -1.98. The molecular weight excluding hydrogens is 368 g/mol. The maximum absolute atomic E-state index is 5.38. The van der Waals surface area contributed by atoms with Crippen molar-refractivity contribution < 1.29 is 9.47 Å². The first kappa shape index (κ1) is 19.5. The number of hydrogen-bond donors (Lipinski definition) is 0. The van der Waals surface area contributed by atoms with Crippen molar-refractivity contribution in [2.45, 2.75) is 0 Å². The molecule has 4 aromatic rings. The van der Waals surface area contributed by atoms with Gasteiger partial charge in [-0.25, -0.2) is 0 Å². The molecule has 0 aliphatic rings. The molecule has 0 bridgehead atoms. The highest BCUT2D eigenvalue weighted by Gasteiger charge is 2.16. The van der Waals surface area contributed by atoms with Crippen LogP contribution in [0.15, 0.2) is 109 Å².